The van der Waals surface area contributed by atoms with Crippen LogP contribution in [0.15, 0.2) is 18.6 Å². The van der Waals surface area contributed by atoms with E-state index in [4.69, 9.17) is 5.73 Å². The first kappa shape index (κ1) is 9.46. The topological polar surface area (TPSA) is 43.8 Å². The van der Waals surface area contributed by atoms with Gasteiger partial charge in [0.2, 0.25) is 0 Å². The molecule has 1 aromatic rings. The van der Waals surface area contributed by atoms with Crippen LogP contribution in [0.1, 0.15) is 38.4 Å². The fraction of sp³-hybridized carbons (Fsp3) is 0.545. The molecule has 0 radical (unpaired) electrons. The fourth-order valence-electron chi connectivity index (χ4n) is 1.92. The van der Waals surface area contributed by atoms with E-state index in [1.54, 1.807) is 0 Å². The molecule has 0 amide bonds. The van der Waals surface area contributed by atoms with Crippen LogP contribution in [0.4, 0.5) is 0 Å². The third-order valence-corrected chi connectivity index (χ3v) is 2.70. The summed E-state index contributed by atoms with van der Waals surface area (Å²) in [6.45, 7) is 4.33. The van der Waals surface area contributed by atoms with E-state index in [2.05, 4.69) is 29.5 Å². The minimum absolute atomic E-state index is 0.306. The van der Waals surface area contributed by atoms with Crippen LogP contribution in [0, 0.1) is 0 Å². The van der Waals surface area contributed by atoms with Gasteiger partial charge in [-0.05, 0) is 32.3 Å². The van der Waals surface area contributed by atoms with Gasteiger partial charge in [-0.1, -0.05) is 6.08 Å². The number of nitrogens with two attached hydrogens (primary N) is 1. The molecule has 3 nitrogen and oxygen atoms in total. The van der Waals surface area contributed by atoms with Gasteiger partial charge < -0.3 is 10.3 Å². The molecule has 0 saturated heterocycles. The summed E-state index contributed by atoms with van der Waals surface area (Å²) in [5, 5.41) is 0. The van der Waals surface area contributed by atoms with Crippen molar-refractivity contribution in [2.45, 2.75) is 38.8 Å². The van der Waals surface area contributed by atoms with Crippen LogP contribution in [-0.4, -0.2) is 15.6 Å². The normalized spacial score (nSPS) is 21.7. The summed E-state index contributed by atoms with van der Waals surface area (Å²) in [4.78, 5) is 4.19. The second-order valence-corrected chi connectivity index (χ2v) is 4.21. The number of rotatable bonds is 2. The van der Waals surface area contributed by atoms with Crippen molar-refractivity contribution in [1.82, 2.24) is 9.55 Å². The molecule has 0 bridgehead atoms. The summed E-state index contributed by atoms with van der Waals surface area (Å²) in [7, 11) is 0. The van der Waals surface area contributed by atoms with E-state index in [9.17, 15) is 0 Å². The third-order valence-electron chi connectivity index (χ3n) is 2.70. The SMILES string of the molecule is CC(C)n1cncc1C1=CCC(N)C1. The Labute approximate surface area is 84.6 Å². The maximum atomic E-state index is 5.88. The van der Waals surface area contributed by atoms with Gasteiger partial charge in [0.1, 0.15) is 0 Å². The average Bonchev–Trinajstić information content (AvgIpc) is 2.70. The van der Waals surface area contributed by atoms with Crippen LogP contribution in [0.25, 0.3) is 5.57 Å². The van der Waals surface area contributed by atoms with Crippen LogP contribution >= 0.6 is 0 Å². The van der Waals surface area contributed by atoms with Crippen molar-refractivity contribution in [3.05, 3.63) is 24.3 Å². The molecule has 0 aromatic carbocycles. The molecular weight excluding hydrogens is 174 g/mol. The molecule has 1 unspecified atom stereocenters. The molecule has 0 spiro atoms. The van der Waals surface area contributed by atoms with Gasteiger partial charge in [0.15, 0.2) is 0 Å². The van der Waals surface area contributed by atoms with Gasteiger partial charge in [-0.2, -0.15) is 0 Å². The van der Waals surface area contributed by atoms with Gasteiger partial charge in [-0.25, -0.2) is 4.98 Å². The van der Waals surface area contributed by atoms with Crippen molar-refractivity contribution in [2.75, 3.05) is 0 Å². The molecule has 1 aromatic heterocycles. The standard InChI is InChI=1S/C11H17N3/c1-8(2)14-7-13-6-11(14)9-3-4-10(12)5-9/h3,6-8,10H,4-5,12H2,1-2H3. The predicted octanol–water partition coefficient (Wildman–Crippen LogP) is 1.97. The molecule has 1 heterocycles. The summed E-state index contributed by atoms with van der Waals surface area (Å²) in [5.41, 5.74) is 8.46. The van der Waals surface area contributed by atoms with E-state index in [1.807, 2.05) is 12.5 Å². The van der Waals surface area contributed by atoms with Crippen LogP contribution in [0.5, 0.6) is 0 Å². The van der Waals surface area contributed by atoms with E-state index in [0.717, 1.165) is 12.8 Å². The van der Waals surface area contributed by atoms with Crippen molar-refractivity contribution >= 4 is 5.57 Å². The molecule has 0 saturated carbocycles. The van der Waals surface area contributed by atoms with Crippen LogP contribution < -0.4 is 5.73 Å². The minimum atomic E-state index is 0.306. The van der Waals surface area contributed by atoms with Crippen LogP contribution in [0.3, 0.4) is 0 Å². The van der Waals surface area contributed by atoms with Crippen molar-refractivity contribution in [1.29, 1.82) is 0 Å². The number of hydrogen-bond donors (Lipinski definition) is 1. The molecule has 1 atom stereocenters. The summed E-state index contributed by atoms with van der Waals surface area (Å²) in [6.07, 6.45) is 8.05. The maximum Gasteiger partial charge on any atom is 0.0953 e. The highest BCUT2D eigenvalue weighted by molar-refractivity contribution is 5.65. The Morgan fingerprint density at radius 3 is 2.93 bits per heavy atom. The van der Waals surface area contributed by atoms with Gasteiger partial charge in [-0.15, -0.1) is 0 Å². The lowest BCUT2D eigenvalue weighted by Crippen LogP contribution is -2.15. The third kappa shape index (κ3) is 1.60. The first-order valence-corrected chi connectivity index (χ1v) is 5.15. The van der Waals surface area contributed by atoms with Gasteiger partial charge in [-0.3, -0.25) is 0 Å². The molecule has 0 aliphatic heterocycles. The smallest absolute Gasteiger partial charge is 0.0953 e. The zero-order valence-electron chi connectivity index (χ0n) is 8.77. The zero-order chi connectivity index (χ0) is 10.1. The second-order valence-electron chi connectivity index (χ2n) is 4.21. The summed E-state index contributed by atoms with van der Waals surface area (Å²) >= 11 is 0. The molecule has 14 heavy (non-hydrogen) atoms. The summed E-state index contributed by atoms with van der Waals surface area (Å²) in [6, 6.07) is 0.769. The number of imidazole rings is 1. The Morgan fingerprint density at radius 2 is 2.36 bits per heavy atom. The summed E-state index contributed by atoms with van der Waals surface area (Å²) < 4.78 is 2.20. The van der Waals surface area contributed by atoms with E-state index in [-0.39, 0.29) is 0 Å². The monoisotopic (exact) mass is 191 g/mol. The number of nitrogens with zero attached hydrogens (tertiary/aromatic N) is 2. The minimum Gasteiger partial charge on any atom is -0.328 e. The maximum absolute atomic E-state index is 5.88. The number of hydrogen-bond acceptors (Lipinski definition) is 2. The van der Waals surface area contributed by atoms with Gasteiger partial charge in [0.05, 0.1) is 18.2 Å². The van der Waals surface area contributed by atoms with Crippen molar-refractivity contribution < 1.29 is 0 Å². The zero-order valence-corrected chi connectivity index (χ0v) is 8.77. The van der Waals surface area contributed by atoms with E-state index in [0.29, 0.717) is 12.1 Å². The Balaban J connectivity index is 2.28. The Morgan fingerprint density at radius 1 is 1.57 bits per heavy atom. The Kier molecular flexibility index (Phi) is 2.42. The molecule has 2 rings (SSSR count). The number of aromatic nitrogens is 2. The highest BCUT2D eigenvalue weighted by Crippen LogP contribution is 2.28. The predicted molar refractivity (Wildman–Crippen MR) is 57.8 cm³/mol. The lowest BCUT2D eigenvalue weighted by molar-refractivity contribution is 0.592. The van der Waals surface area contributed by atoms with Gasteiger partial charge >= 0.3 is 0 Å². The molecule has 76 valence electrons. The van der Waals surface area contributed by atoms with E-state index in [1.165, 1.54) is 11.3 Å². The Hall–Kier alpha value is -1.09. The fourth-order valence-corrected chi connectivity index (χ4v) is 1.92. The van der Waals surface area contributed by atoms with Gasteiger partial charge in [0, 0.05) is 12.1 Å². The molecule has 1 aliphatic carbocycles. The quantitative estimate of drug-likeness (QED) is 0.776. The van der Waals surface area contributed by atoms with Crippen molar-refractivity contribution in [3.63, 3.8) is 0 Å². The molecule has 0 fully saturated rings. The van der Waals surface area contributed by atoms with E-state index < -0.39 is 0 Å². The second kappa shape index (κ2) is 3.58. The van der Waals surface area contributed by atoms with Crippen molar-refractivity contribution in [3.8, 4) is 0 Å². The molecule has 1 aliphatic rings. The van der Waals surface area contributed by atoms with Gasteiger partial charge in [0.25, 0.3) is 0 Å². The van der Waals surface area contributed by atoms with Crippen molar-refractivity contribution in [2.24, 2.45) is 5.73 Å². The largest absolute Gasteiger partial charge is 0.328 e. The first-order valence-electron chi connectivity index (χ1n) is 5.15. The lowest BCUT2D eigenvalue weighted by atomic mass is 10.1. The molecular formula is C11H17N3. The summed E-state index contributed by atoms with van der Waals surface area (Å²) in [5.74, 6) is 0. The highest BCUT2D eigenvalue weighted by atomic mass is 15.1. The first-order chi connectivity index (χ1) is 6.68. The van der Waals surface area contributed by atoms with Crippen LogP contribution in [0.2, 0.25) is 0 Å². The van der Waals surface area contributed by atoms with Crippen LogP contribution in [-0.2, 0) is 0 Å². The lowest BCUT2D eigenvalue weighted by Gasteiger charge is -2.12. The molecule has 2 N–H and O–H groups in total. The molecule has 3 heteroatoms. The highest BCUT2D eigenvalue weighted by Gasteiger charge is 2.17. The van der Waals surface area contributed by atoms with E-state index >= 15 is 0 Å². The Bertz CT molecular complexity index is 349. The average molecular weight is 191 g/mol.